The van der Waals surface area contributed by atoms with Crippen molar-refractivity contribution >= 4 is 10.0 Å². The SMILES string of the molecule is Cc1nc(C(F)(F)F)ccc1S(=O)(=O)N1CCN([C@@H](C)C2CCOCC2)CC1. The first-order valence-corrected chi connectivity index (χ1v) is 10.9. The number of pyridine rings is 1. The van der Waals surface area contributed by atoms with E-state index in [2.05, 4.69) is 16.8 Å². The van der Waals surface area contributed by atoms with E-state index in [0.29, 0.717) is 38.1 Å². The summed E-state index contributed by atoms with van der Waals surface area (Å²) in [7, 11) is -3.87. The fourth-order valence-electron chi connectivity index (χ4n) is 3.97. The average Bonchev–Trinajstić information content (AvgIpc) is 2.67. The van der Waals surface area contributed by atoms with E-state index in [0.717, 1.165) is 38.2 Å². The van der Waals surface area contributed by atoms with E-state index in [1.807, 2.05) is 0 Å². The Kier molecular flexibility index (Phi) is 6.33. The third-order valence-corrected chi connectivity index (χ3v) is 7.78. The van der Waals surface area contributed by atoms with Gasteiger partial charge in [0.2, 0.25) is 10.0 Å². The summed E-state index contributed by atoms with van der Waals surface area (Å²) in [6.07, 6.45) is -2.58. The Balaban J connectivity index is 1.68. The second kappa shape index (κ2) is 8.25. The molecule has 0 amide bonds. The number of aromatic nitrogens is 1. The van der Waals surface area contributed by atoms with Crippen LogP contribution in [0.1, 0.15) is 31.2 Å². The molecular weight excluding hydrogens is 395 g/mol. The van der Waals surface area contributed by atoms with Gasteiger partial charge in [-0.3, -0.25) is 4.90 Å². The van der Waals surface area contributed by atoms with E-state index in [1.54, 1.807) is 0 Å². The van der Waals surface area contributed by atoms with Gasteiger partial charge in [-0.15, -0.1) is 0 Å². The molecule has 0 N–H and O–H groups in total. The van der Waals surface area contributed by atoms with Crippen LogP contribution in [0.25, 0.3) is 0 Å². The third kappa shape index (κ3) is 4.50. The summed E-state index contributed by atoms with van der Waals surface area (Å²) in [4.78, 5) is 5.59. The molecule has 0 aromatic carbocycles. The Morgan fingerprint density at radius 2 is 1.75 bits per heavy atom. The molecular formula is C18H26F3N3O3S. The Morgan fingerprint density at radius 3 is 2.29 bits per heavy atom. The number of piperazine rings is 1. The number of alkyl halides is 3. The van der Waals surface area contributed by atoms with Crippen LogP contribution in [0.4, 0.5) is 13.2 Å². The molecule has 0 aliphatic carbocycles. The van der Waals surface area contributed by atoms with Crippen LogP contribution in [0, 0.1) is 12.8 Å². The Bertz CT molecular complexity index is 787. The molecule has 6 nitrogen and oxygen atoms in total. The van der Waals surface area contributed by atoms with E-state index in [-0.39, 0.29) is 10.6 Å². The lowest BCUT2D eigenvalue weighted by atomic mass is 9.91. The van der Waals surface area contributed by atoms with Crippen molar-refractivity contribution < 1.29 is 26.3 Å². The zero-order valence-electron chi connectivity index (χ0n) is 16.1. The van der Waals surface area contributed by atoms with Crippen molar-refractivity contribution in [3.63, 3.8) is 0 Å². The lowest BCUT2D eigenvalue weighted by Crippen LogP contribution is -2.53. The maximum Gasteiger partial charge on any atom is 0.433 e. The molecule has 3 heterocycles. The average molecular weight is 421 g/mol. The Hall–Kier alpha value is -1.23. The van der Waals surface area contributed by atoms with Crippen LogP contribution in [-0.2, 0) is 20.9 Å². The van der Waals surface area contributed by atoms with Gasteiger partial charge in [-0.2, -0.15) is 17.5 Å². The van der Waals surface area contributed by atoms with Gasteiger partial charge in [0.15, 0.2) is 0 Å². The number of nitrogens with zero attached hydrogens (tertiary/aromatic N) is 3. The number of sulfonamides is 1. The first-order chi connectivity index (χ1) is 13.1. The zero-order chi connectivity index (χ0) is 20.5. The molecule has 10 heteroatoms. The molecule has 0 bridgehead atoms. The van der Waals surface area contributed by atoms with Gasteiger partial charge in [0.1, 0.15) is 10.6 Å². The summed E-state index contributed by atoms with van der Waals surface area (Å²) in [5.41, 5.74) is -1.22. The van der Waals surface area contributed by atoms with Crippen molar-refractivity contribution in [3.05, 3.63) is 23.5 Å². The first kappa shape index (κ1) is 21.5. The Morgan fingerprint density at radius 1 is 1.14 bits per heavy atom. The van der Waals surface area contributed by atoms with Crippen LogP contribution in [-0.4, -0.2) is 68.0 Å². The number of ether oxygens (including phenoxy) is 1. The molecule has 2 aliphatic rings. The fraction of sp³-hybridized carbons (Fsp3) is 0.722. The standard InChI is InChI=1S/C18H26F3N3O3S/c1-13-16(3-4-17(22-13)18(19,20)21)28(25,26)24-9-7-23(8-10-24)14(2)15-5-11-27-12-6-15/h3-4,14-15H,5-12H2,1-2H3/t14-/m0/s1. The van der Waals surface area contributed by atoms with Crippen LogP contribution < -0.4 is 0 Å². The van der Waals surface area contributed by atoms with Gasteiger partial charge in [-0.05, 0) is 44.7 Å². The van der Waals surface area contributed by atoms with E-state index in [9.17, 15) is 21.6 Å². The van der Waals surface area contributed by atoms with Gasteiger partial charge < -0.3 is 4.74 Å². The summed E-state index contributed by atoms with van der Waals surface area (Å²) in [6.45, 7) is 6.84. The third-order valence-electron chi connectivity index (χ3n) is 5.74. The van der Waals surface area contributed by atoms with E-state index >= 15 is 0 Å². The number of aryl methyl sites for hydroxylation is 1. The summed E-state index contributed by atoms with van der Waals surface area (Å²) < 4.78 is 70.9. The lowest BCUT2D eigenvalue weighted by Gasteiger charge is -2.41. The molecule has 0 unspecified atom stereocenters. The molecule has 0 spiro atoms. The molecule has 158 valence electrons. The van der Waals surface area contributed by atoms with Crippen LogP contribution >= 0.6 is 0 Å². The predicted molar refractivity (Wildman–Crippen MR) is 97.3 cm³/mol. The highest BCUT2D eigenvalue weighted by molar-refractivity contribution is 7.89. The molecule has 2 aliphatic heterocycles. The van der Waals surface area contributed by atoms with Crippen molar-refractivity contribution in [1.29, 1.82) is 0 Å². The molecule has 0 saturated carbocycles. The number of hydrogen-bond acceptors (Lipinski definition) is 5. The largest absolute Gasteiger partial charge is 0.433 e. The number of halogens is 3. The van der Waals surface area contributed by atoms with Gasteiger partial charge in [0.25, 0.3) is 0 Å². The minimum atomic E-state index is -4.60. The summed E-state index contributed by atoms with van der Waals surface area (Å²) in [5, 5.41) is 0. The molecule has 1 aromatic rings. The highest BCUT2D eigenvalue weighted by Crippen LogP contribution is 2.30. The second-order valence-corrected chi connectivity index (χ2v) is 9.31. The maximum atomic E-state index is 12.9. The minimum Gasteiger partial charge on any atom is -0.381 e. The predicted octanol–water partition coefficient (Wildman–Crippen LogP) is 2.53. The smallest absolute Gasteiger partial charge is 0.381 e. The highest BCUT2D eigenvalue weighted by atomic mass is 32.2. The van der Waals surface area contributed by atoms with Crippen molar-refractivity contribution in [2.75, 3.05) is 39.4 Å². The highest BCUT2D eigenvalue weighted by Gasteiger charge is 2.36. The number of rotatable bonds is 4. The quantitative estimate of drug-likeness (QED) is 0.748. The Labute approximate surface area is 163 Å². The van der Waals surface area contributed by atoms with Crippen molar-refractivity contribution in [3.8, 4) is 0 Å². The minimum absolute atomic E-state index is 0.132. The molecule has 1 atom stereocenters. The first-order valence-electron chi connectivity index (χ1n) is 9.47. The molecule has 1 aromatic heterocycles. The topological polar surface area (TPSA) is 62.7 Å². The molecule has 3 rings (SSSR count). The second-order valence-electron chi connectivity index (χ2n) is 7.41. The van der Waals surface area contributed by atoms with Gasteiger partial charge >= 0.3 is 6.18 Å². The summed E-state index contributed by atoms with van der Waals surface area (Å²) in [5.74, 6) is 0.540. The van der Waals surface area contributed by atoms with Gasteiger partial charge in [-0.1, -0.05) is 0 Å². The number of hydrogen-bond donors (Lipinski definition) is 0. The van der Waals surface area contributed by atoms with E-state index in [4.69, 9.17) is 4.74 Å². The summed E-state index contributed by atoms with van der Waals surface area (Å²) >= 11 is 0. The van der Waals surface area contributed by atoms with Gasteiger partial charge in [-0.25, -0.2) is 13.4 Å². The fourth-order valence-corrected chi connectivity index (χ4v) is 5.55. The normalized spacial score (nSPS) is 22.3. The van der Waals surface area contributed by atoms with E-state index < -0.39 is 21.9 Å². The molecule has 2 saturated heterocycles. The maximum absolute atomic E-state index is 12.9. The van der Waals surface area contributed by atoms with Crippen LogP contribution in [0.2, 0.25) is 0 Å². The van der Waals surface area contributed by atoms with Crippen molar-refractivity contribution in [2.24, 2.45) is 5.92 Å². The monoisotopic (exact) mass is 421 g/mol. The van der Waals surface area contributed by atoms with Crippen LogP contribution in [0.3, 0.4) is 0 Å². The zero-order valence-corrected chi connectivity index (χ0v) is 16.9. The molecule has 2 fully saturated rings. The van der Waals surface area contributed by atoms with Crippen LogP contribution in [0.15, 0.2) is 17.0 Å². The lowest BCUT2D eigenvalue weighted by molar-refractivity contribution is -0.141. The van der Waals surface area contributed by atoms with Crippen LogP contribution in [0.5, 0.6) is 0 Å². The van der Waals surface area contributed by atoms with Gasteiger partial charge in [0.05, 0.1) is 5.69 Å². The summed E-state index contributed by atoms with van der Waals surface area (Å²) in [6, 6.07) is 2.09. The molecule has 28 heavy (non-hydrogen) atoms. The van der Waals surface area contributed by atoms with E-state index in [1.165, 1.54) is 11.2 Å². The van der Waals surface area contributed by atoms with Crippen molar-refractivity contribution in [1.82, 2.24) is 14.2 Å². The molecule has 0 radical (unpaired) electrons. The van der Waals surface area contributed by atoms with Crippen molar-refractivity contribution in [2.45, 2.75) is 43.8 Å². The van der Waals surface area contributed by atoms with Gasteiger partial charge in [0, 0.05) is 45.4 Å².